The average Bonchev–Trinajstić information content (AvgIpc) is 2.83. The predicted octanol–water partition coefficient (Wildman–Crippen LogP) is 2.17. The Morgan fingerprint density at radius 2 is 2.43 bits per heavy atom. The lowest BCUT2D eigenvalue weighted by atomic mass is 9.69. The van der Waals surface area contributed by atoms with Gasteiger partial charge in [0.25, 0.3) is 0 Å². The van der Waals surface area contributed by atoms with Crippen LogP contribution >= 0.6 is 0 Å². The van der Waals surface area contributed by atoms with Gasteiger partial charge in [-0.15, -0.1) is 0 Å². The number of Topliss-reactive ketones (excluding diaryl/α,β-unsaturated/α-hetero) is 1. The van der Waals surface area contributed by atoms with E-state index in [9.17, 15) is 4.79 Å². The highest BCUT2D eigenvalue weighted by atomic mass is 16.1. The lowest BCUT2D eigenvalue weighted by Crippen LogP contribution is -2.36. The summed E-state index contributed by atoms with van der Waals surface area (Å²) in [6.07, 6.45) is 9.05. The molecule has 0 spiro atoms. The monoisotopic (exact) mass is 185 g/mol. The molecule has 1 aromatic heterocycles. The van der Waals surface area contributed by atoms with Crippen LogP contribution in [0.4, 0.5) is 0 Å². The number of hydrogen-bond acceptors (Lipinski definition) is 1. The normalized spacial score (nSPS) is 32.0. The van der Waals surface area contributed by atoms with Crippen LogP contribution in [0.2, 0.25) is 0 Å². The van der Waals surface area contributed by atoms with Crippen molar-refractivity contribution >= 4 is 11.9 Å². The Morgan fingerprint density at radius 1 is 1.50 bits per heavy atom. The smallest absolute Gasteiger partial charge is 0.163 e. The molecular weight excluding hydrogens is 174 g/mol. The standard InChI is InChI=1S/C12H11NO/c14-12-10-5-1-4-9(10)11(12)7-8-3-2-6-13-8/h1-4,6-7,9-10,13H,5H2/b11-7+. The molecule has 2 heteroatoms. The number of hydrogen-bond donors (Lipinski definition) is 1. The Balaban J connectivity index is 1.93. The Morgan fingerprint density at radius 3 is 3.21 bits per heavy atom. The maximum absolute atomic E-state index is 11.6. The van der Waals surface area contributed by atoms with Gasteiger partial charge in [-0.25, -0.2) is 0 Å². The Labute approximate surface area is 82.3 Å². The van der Waals surface area contributed by atoms with Crippen molar-refractivity contribution in [2.75, 3.05) is 0 Å². The van der Waals surface area contributed by atoms with E-state index >= 15 is 0 Å². The van der Waals surface area contributed by atoms with Gasteiger partial charge in [0.1, 0.15) is 0 Å². The van der Waals surface area contributed by atoms with Gasteiger partial charge in [0.05, 0.1) is 0 Å². The molecule has 2 aliphatic carbocycles. The van der Waals surface area contributed by atoms with E-state index in [1.54, 1.807) is 0 Å². The summed E-state index contributed by atoms with van der Waals surface area (Å²) in [4.78, 5) is 14.7. The first kappa shape index (κ1) is 7.80. The molecule has 1 aromatic rings. The van der Waals surface area contributed by atoms with Crippen LogP contribution in [0.3, 0.4) is 0 Å². The highest BCUT2D eigenvalue weighted by Gasteiger charge is 2.44. The molecule has 2 atom stereocenters. The maximum atomic E-state index is 11.6. The molecule has 70 valence electrons. The van der Waals surface area contributed by atoms with E-state index in [2.05, 4.69) is 17.1 Å². The number of aromatic amines is 1. The highest BCUT2D eigenvalue weighted by molar-refractivity contribution is 6.09. The number of H-pyrrole nitrogens is 1. The summed E-state index contributed by atoms with van der Waals surface area (Å²) in [5.41, 5.74) is 1.98. The molecule has 1 fully saturated rings. The van der Waals surface area contributed by atoms with Crippen molar-refractivity contribution in [2.24, 2.45) is 11.8 Å². The molecule has 3 rings (SSSR count). The van der Waals surface area contributed by atoms with E-state index in [0.29, 0.717) is 11.7 Å². The quantitative estimate of drug-likeness (QED) is 0.528. The van der Waals surface area contributed by atoms with Gasteiger partial charge >= 0.3 is 0 Å². The zero-order valence-electron chi connectivity index (χ0n) is 7.73. The van der Waals surface area contributed by atoms with E-state index < -0.39 is 0 Å². The topological polar surface area (TPSA) is 32.9 Å². The summed E-state index contributed by atoms with van der Waals surface area (Å²) in [6.45, 7) is 0. The van der Waals surface area contributed by atoms with Crippen molar-refractivity contribution in [1.82, 2.24) is 4.98 Å². The summed E-state index contributed by atoms with van der Waals surface area (Å²) in [7, 11) is 0. The molecule has 2 aliphatic rings. The summed E-state index contributed by atoms with van der Waals surface area (Å²) in [6, 6.07) is 3.92. The van der Waals surface area contributed by atoms with Crippen LogP contribution < -0.4 is 0 Å². The van der Waals surface area contributed by atoms with Gasteiger partial charge in [-0.2, -0.15) is 0 Å². The zero-order chi connectivity index (χ0) is 9.54. The largest absolute Gasteiger partial charge is 0.362 e. The summed E-state index contributed by atoms with van der Waals surface area (Å²) in [5.74, 6) is 0.983. The number of nitrogens with one attached hydrogen (secondary N) is 1. The fraction of sp³-hybridized carbons (Fsp3) is 0.250. The van der Waals surface area contributed by atoms with Crippen LogP contribution in [0, 0.1) is 11.8 Å². The number of rotatable bonds is 1. The van der Waals surface area contributed by atoms with Crippen molar-refractivity contribution in [2.45, 2.75) is 6.42 Å². The maximum Gasteiger partial charge on any atom is 0.163 e. The molecule has 0 bridgehead atoms. The molecule has 0 radical (unpaired) electrons. The second-order valence-electron chi connectivity index (χ2n) is 3.89. The molecule has 0 saturated heterocycles. The van der Waals surface area contributed by atoms with Crippen molar-refractivity contribution < 1.29 is 4.79 Å². The zero-order valence-corrected chi connectivity index (χ0v) is 7.73. The summed E-state index contributed by atoms with van der Waals surface area (Å²) < 4.78 is 0. The minimum absolute atomic E-state index is 0.260. The van der Waals surface area contributed by atoms with Gasteiger partial charge in [0.2, 0.25) is 0 Å². The molecule has 2 unspecified atom stereocenters. The number of aromatic nitrogens is 1. The van der Waals surface area contributed by atoms with Crippen molar-refractivity contribution in [3.05, 3.63) is 41.7 Å². The van der Waals surface area contributed by atoms with Gasteiger partial charge in [0, 0.05) is 29.3 Å². The number of fused-ring (bicyclic) bond motifs is 1. The number of carbonyl (C=O) groups excluding carboxylic acids is 1. The third kappa shape index (κ3) is 0.939. The predicted molar refractivity (Wildman–Crippen MR) is 54.5 cm³/mol. The van der Waals surface area contributed by atoms with Crippen LogP contribution in [0.1, 0.15) is 12.1 Å². The van der Waals surface area contributed by atoms with Crippen LogP contribution in [-0.4, -0.2) is 10.8 Å². The SMILES string of the molecule is O=C1/C(=C/c2ccc[nH]2)C2C=CCC12. The minimum atomic E-state index is 0.260. The Bertz CT molecular complexity index is 425. The second kappa shape index (κ2) is 2.71. The summed E-state index contributed by atoms with van der Waals surface area (Å²) >= 11 is 0. The van der Waals surface area contributed by atoms with Crippen molar-refractivity contribution in [3.63, 3.8) is 0 Å². The average molecular weight is 185 g/mol. The third-order valence-corrected chi connectivity index (χ3v) is 3.08. The molecular formula is C12H11NO. The molecule has 0 aromatic carbocycles. The van der Waals surface area contributed by atoms with E-state index in [0.717, 1.165) is 17.7 Å². The molecule has 1 saturated carbocycles. The Hall–Kier alpha value is -1.57. The van der Waals surface area contributed by atoms with Crippen LogP contribution in [-0.2, 0) is 4.79 Å². The van der Waals surface area contributed by atoms with Crippen LogP contribution in [0.15, 0.2) is 36.1 Å². The molecule has 0 amide bonds. The van der Waals surface area contributed by atoms with E-state index in [1.807, 2.05) is 24.4 Å². The van der Waals surface area contributed by atoms with Gasteiger partial charge in [-0.1, -0.05) is 12.2 Å². The van der Waals surface area contributed by atoms with E-state index in [4.69, 9.17) is 0 Å². The lowest BCUT2D eigenvalue weighted by Gasteiger charge is -2.31. The van der Waals surface area contributed by atoms with Gasteiger partial charge < -0.3 is 4.98 Å². The molecule has 1 heterocycles. The first-order chi connectivity index (χ1) is 6.86. The van der Waals surface area contributed by atoms with Gasteiger partial charge in [-0.3, -0.25) is 4.79 Å². The van der Waals surface area contributed by atoms with Crippen LogP contribution in [0.25, 0.3) is 6.08 Å². The van der Waals surface area contributed by atoms with Crippen molar-refractivity contribution in [1.29, 1.82) is 0 Å². The molecule has 0 aliphatic heterocycles. The number of ketones is 1. The fourth-order valence-electron chi connectivity index (χ4n) is 2.29. The highest BCUT2D eigenvalue weighted by Crippen LogP contribution is 2.44. The van der Waals surface area contributed by atoms with Crippen LogP contribution in [0.5, 0.6) is 0 Å². The number of allylic oxidation sites excluding steroid dienone is 3. The minimum Gasteiger partial charge on any atom is -0.362 e. The third-order valence-electron chi connectivity index (χ3n) is 3.08. The second-order valence-corrected chi connectivity index (χ2v) is 3.89. The van der Waals surface area contributed by atoms with Gasteiger partial charge in [-0.05, 0) is 24.6 Å². The van der Waals surface area contributed by atoms with Gasteiger partial charge in [0.15, 0.2) is 5.78 Å². The molecule has 2 nitrogen and oxygen atoms in total. The van der Waals surface area contributed by atoms with E-state index in [1.165, 1.54) is 0 Å². The fourth-order valence-corrected chi connectivity index (χ4v) is 2.29. The first-order valence-corrected chi connectivity index (χ1v) is 4.92. The molecule has 1 N–H and O–H groups in total. The number of carbonyl (C=O) groups is 1. The van der Waals surface area contributed by atoms with Crippen molar-refractivity contribution in [3.8, 4) is 0 Å². The summed E-state index contributed by atoms with van der Waals surface area (Å²) in [5, 5.41) is 0. The van der Waals surface area contributed by atoms with E-state index in [-0.39, 0.29) is 5.92 Å². The molecule has 14 heavy (non-hydrogen) atoms. The Kier molecular flexibility index (Phi) is 1.51. The first-order valence-electron chi connectivity index (χ1n) is 4.92. The lowest BCUT2D eigenvalue weighted by molar-refractivity contribution is -0.124.